The minimum Gasteiger partial charge on any atom is -0.393 e. The molecular formula is C9H11N3O. The molecule has 0 aliphatic rings. The van der Waals surface area contributed by atoms with Crippen LogP contribution in [0.15, 0.2) is 24.5 Å². The van der Waals surface area contributed by atoms with Crippen LogP contribution in [-0.4, -0.2) is 26.0 Å². The second-order valence-corrected chi connectivity index (χ2v) is 3.19. The fourth-order valence-corrected chi connectivity index (χ4v) is 1.34. The Morgan fingerprint density at radius 3 is 3.23 bits per heavy atom. The lowest BCUT2D eigenvalue weighted by molar-refractivity contribution is 0.195. The van der Waals surface area contributed by atoms with Gasteiger partial charge in [-0.15, -0.1) is 5.10 Å². The molecule has 0 fully saturated rings. The monoisotopic (exact) mass is 177 g/mol. The predicted molar refractivity (Wildman–Crippen MR) is 48.4 cm³/mol. The van der Waals surface area contributed by atoms with Crippen LogP contribution in [0.25, 0.3) is 5.52 Å². The highest BCUT2D eigenvalue weighted by atomic mass is 16.3. The van der Waals surface area contributed by atoms with Gasteiger partial charge in [-0.1, -0.05) is 5.21 Å². The van der Waals surface area contributed by atoms with E-state index in [0.29, 0.717) is 6.42 Å². The number of hydrogen-bond acceptors (Lipinski definition) is 3. The molecule has 0 spiro atoms. The van der Waals surface area contributed by atoms with Crippen LogP contribution in [0.1, 0.15) is 12.5 Å². The van der Waals surface area contributed by atoms with E-state index >= 15 is 0 Å². The zero-order valence-corrected chi connectivity index (χ0v) is 7.38. The number of pyridine rings is 1. The zero-order chi connectivity index (χ0) is 9.26. The highest BCUT2D eigenvalue weighted by Crippen LogP contribution is 2.07. The molecule has 1 unspecified atom stereocenters. The lowest BCUT2D eigenvalue weighted by Gasteiger charge is -2.03. The normalized spacial score (nSPS) is 13.4. The van der Waals surface area contributed by atoms with E-state index < -0.39 is 0 Å². The van der Waals surface area contributed by atoms with Gasteiger partial charge in [-0.3, -0.25) is 0 Å². The van der Waals surface area contributed by atoms with Crippen molar-refractivity contribution in [3.05, 3.63) is 30.1 Å². The molecule has 1 N–H and O–H groups in total. The number of hydrogen-bond donors (Lipinski definition) is 1. The zero-order valence-electron chi connectivity index (χ0n) is 7.38. The predicted octanol–water partition coefficient (Wildman–Crippen LogP) is 0.653. The van der Waals surface area contributed by atoms with Crippen molar-refractivity contribution in [3.8, 4) is 0 Å². The fraction of sp³-hybridized carbons (Fsp3) is 0.333. The molecule has 0 aliphatic carbocycles. The summed E-state index contributed by atoms with van der Waals surface area (Å²) >= 11 is 0. The first-order valence-corrected chi connectivity index (χ1v) is 4.23. The van der Waals surface area contributed by atoms with Crippen molar-refractivity contribution in [3.63, 3.8) is 0 Å². The van der Waals surface area contributed by atoms with Crippen LogP contribution < -0.4 is 0 Å². The van der Waals surface area contributed by atoms with E-state index in [-0.39, 0.29) is 6.10 Å². The molecule has 1 atom stereocenters. The number of fused-ring (bicyclic) bond motifs is 1. The van der Waals surface area contributed by atoms with E-state index in [0.717, 1.165) is 11.1 Å². The lowest BCUT2D eigenvalue weighted by atomic mass is 10.1. The lowest BCUT2D eigenvalue weighted by Crippen LogP contribution is -2.04. The third kappa shape index (κ3) is 1.67. The smallest absolute Gasteiger partial charge is 0.0867 e. The first-order chi connectivity index (χ1) is 6.25. The standard InChI is InChI=1S/C9H11N3O/c1-7(13)4-8-2-3-12-9(5-8)6-10-11-12/h2-3,5-7,13H,4H2,1H3. The topological polar surface area (TPSA) is 50.4 Å². The van der Waals surface area contributed by atoms with Crippen LogP contribution in [0.4, 0.5) is 0 Å². The van der Waals surface area contributed by atoms with Gasteiger partial charge in [0.15, 0.2) is 0 Å². The summed E-state index contributed by atoms with van der Waals surface area (Å²) in [5.74, 6) is 0. The van der Waals surface area contributed by atoms with Crippen LogP contribution >= 0.6 is 0 Å². The molecule has 0 saturated heterocycles. The Morgan fingerprint density at radius 1 is 1.62 bits per heavy atom. The van der Waals surface area contributed by atoms with Crippen molar-refractivity contribution in [2.45, 2.75) is 19.4 Å². The van der Waals surface area contributed by atoms with Gasteiger partial charge in [-0.25, -0.2) is 4.52 Å². The van der Waals surface area contributed by atoms with E-state index in [9.17, 15) is 5.11 Å². The number of aromatic nitrogens is 3. The largest absolute Gasteiger partial charge is 0.393 e. The summed E-state index contributed by atoms with van der Waals surface area (Å²) in [5.41, 5.74) is 2.06. The van der Waals surface area contributed by atoms with Gasteiger partial charge in [0, 0.05) is 6.20 Å². The maximum Gasteiger partial charge on any atom is 0.0867 e. The molecule has 0 aliphatic heterocycles. The number of nitrogens with zero attached hydrogens (tertiary/aromatic N) is 3. The van der Waals surface area contributed by atoms with Crippen LogP contribution in [-0.2, 0) is 6.42 Å². The summed E-state index contributed by atoms with van der Waals surface area (Å²) in [4.78, 5) is 0. The molecule has 0 bridgehead atoms. The maximum absolute atomic E-state index is 9.19. The summed E-state index contributed by atoms with van der Waals surface area (Å²) < 4.78 is 1.70. The quantitative estimate of drug-likeness (QED) is 0.732. The van der Waals surface area contributed by atoms with Crippen molar-refractivity contribution in [1.29, 1.82) is 0 Å². The van der Waals surface area contributed by atoms with E-state index in [4.69, 9.17) is 0 Å². The second kappa shape index (κ2) is 3.14. The van der Waals surface area contributed by atoms with Crippen molar-refractivity contribution in [2.24, 2.45) is 0 Å². The molecule has 2 rings (SSSR count). The molecule has 0 radical (unpaired) electrons. The minimum atomic E-state index is -0.307. The Bertz CT molecular complexity index is 408. The molecule has 68 valence electrons. The molecule has 4 nitrogen and oxygen atoms in total. The van der Waals surface area contributed by atoms with E-state index in [1.807, 2.05) is 18.3 Å². The number of rotatable bonds is 2. The molecule has 0 aromatic carbocycles. The maximum atomic E-state index is 9.19. The van der Waals surface area contributed by atoms with Gasteiger partial charge >= 0.3 is 0 Å². The van der Waals surface area contributed by atoms with Crippen LogP contribution in [0.2, 0.25) is 0 Å². The van der Waals surface area contributed by atoms with E-state index in [1.165, 1.54) is 0 Å². The minimum absolute atomic E-state index is 0.307. The molecule has 2 aromatic heterocycles. The van der Waals surface area contributed by atoms with Crippen LogP contribution in [0.3, 0.4) is 0 Å². The van der Waals surface area contributed by atoms with Gasteiger partial charge in [0.25, 0.3) is 0 Å². The van der Waals surface area contributed by atoms with Crippen molar-refractivity contribution in [2.75, 3.05) is 0 Å². The molecule has 2 aromatic rings. The van der Waals surface area contributed by atoms with Crippen molar-refractivity contribution in [1.82, 2.24) is 14.8 Å². The van der Waals surface area contributed by atoms with Crippen LogP contribution in [0.5, 0.6) is 0 Å². The number of aliphatic hydroxyl groups excluding tert-OH is 1. The molecule has 0 saturated carbocycles. The van der Waals surface area contributed by atoms with Crippen molar-refractivity contribution < 1.29 is 5.11 Å². The Morgan fingerprint density at radius 2 is 2.46 bits per heavy atom. The van der Waals surface area contributed by atoms with Gasteiger partial charge < -0.3 is 5.11 Å². The molecule has 0 amide bonds. The third-order valence-corrected chi connectivity index (χ3v) is 1.90. The Labute approximate surface area is 75.8 Å². The average Bonchev–Trinajstić information content (AvgIpc) is 2.49. The van der Waals surface area contributed by atoms with Crippen molar-refractivity contribution >= 4 is 5.52 Å². The molecular weight excluding hydrogens is 166 g/mol. The Balaban J connectivity index is 2.37. The first kappa shape index (κ1) is 8.19. The second-order valence-electron chi connectivity index (χ2n) is 3.19. The Hall–Kier alpha value is -1.42. The highest BCUT2D eigenvalue weighted by molar-refractivity contribution is 5.45. The molecule has 13 heavy (non-hydrogen) atoms. The third-order valence-electron chi connectivity index (χ3n) is 1.90. The summed E-state index contributed by atoms with van der Waals surface area (Å²) in [6.45, 7) is 1.78. The first-order valence-electron chi connectivity index (χ1n) is 4.23. The van der Waals surface area contributed by atoms with E-state index in [2.05, 4.69) is 10.3 Å². The fourth-order valence-electron chi connectivity index (χ4n) is 1.34. The Kier molecular flexibility index (Phi) is 1.98. The number of aliphatic hydroxyl groups is 1. The van der Waals surface area contributed by atoms with Gasteiger partial charge in [-0.2, -0.15) is 0 Å². The highest BCUT2D eigenvalue weighted by Gasteiger charge is 2.00. The van der Waals surface area contributed by atoms with Gasteiger partial charge in [0.1, 0.15) is 0 Å². The average molecular weight is 177 g/mol. The van der Waals surface area contributed by atoms with Gasteiger partial charge in [-0.05, 0) is 31.0 Å². The summed E-state index contributed by atoms with van der Waals surface area (Å²) in [5, 5.41) is 16.8. The van der Waals surface area contributed by atoms with Crippen LogP contribution in [0, 0.1) is 0 Å². The van der Waals surface area contributed by atoms with Gasteiger partial charge in [0.05, 0.1) is 17.8 Å². The molecule has 2 heterocycles. The summed E-state index contributed by atoms with van der Waals surface area (Å²) in [6.07, 6.45) is 3.91. The van der Waals surface area contributed by atoms with Gasteiger partial charge in [0.2, 0.25) is 0 Å². The molecule has 4 heteroatoms. The van der Waals surface area contributed by atoms with E-state index in [1.54, 1.807) is 17.6 Å². The summed E-state index contributed by atoms with van der Waals surface area (Å²) in [7, 11) is 0. The summed E-state index contributed by atoms with van der Waals surface area (Å²) in [6, 6.07) is 3.92. The SMILES string of the molecule is CC(O)Cc1ccn2nncc2c1.